The van der Waals surface area contributed by atoms with E-state index >= 15 is 0 Å². The third kappa shape index (κ3) is 5.44. The molecular formula is C19H31NO. The van der Waals surface area contributed by atoms with Crippen molar-refractivity contribution in [1.82, 2.24) is 5.32 Å². The summed E-state index contributed by atoms with van der Waals surface area (Å²) in [7, 11) is 0. The minimum absolute atomic E-state index is 0.267. The molecule has 1 aliphatic carbocycles. The molecule has 0 heterocycles. The van der Waals surface area contributed by atoms with Crippen LogP contribution in [0.15, 0.2) is 30.3 Å². The molecule has 1 saturated carbocycles. The van der Waals surface area contributed by atoms with Crippen LogP contribution >= 0.6 is 0 Å². The van der Waals surface area contributed by atoms with Crippen LogP contribution in [-0.2, 0) is 0 Å². The second kappa shape index (κ2) is 6.93. The van der Waals surface area contributed by atoms with Crippen LogP contribution in [0.2, 0.25) is 0 Å². The van der Waals surface area contributed by atoms with Crippen LogP contribution in [0.1, 0.15) is 70.9 Å². The van der Waals surface area contributed by atoms with E-state index in [9.17, 15) is 5.11 Å². The van der Waals surface area contributed by atoms with Gasteiger partial charge in [0.2, 0.25) is 0 Å². The van der Waals surface area contributed by atoms with Crippen LogP contribution < -0.4 is 5.32 Å². The van der Waals surface area contributed by atoms with Gasteiger partial charge < -0.3 is 10.4 Å². The number of hydrogen-bond acceptors (Lipinski definition) is 2. The summed E-state index contributed by atoms with van der Waals surface area (Å²) in [5.41, 5.74) is 1.10. The summed E-state index contributed by atoms with van der Waals surface area (Å²) in [5.74, 6) is 0. The first-order valence-electron chi connectivity index (χ1n) is 8.39. The molecule has 0 amide bonds. The van der Waals surface area contributed by atoms with Crippen molar-refractivity contribution in [3.8, 4) is 0 Å². The Hall–Kier alpha value is -0.860. The molecule has 0 spiro atoms. The van der Waals surface area contributed by atoms with Crippen molar-refractivity contribution in [1.29, 1.82) is 0 Å². The van der Waals surface area contributed by atoms with E-state index in [4.69, 9.17) is 0 Å². The maximum Gasteiger partial charge on any atom is 0.0771 e. The van der Waals surface area contributed by atoms with Gasteiger partial charge >= 0.3 is 0 Å². The summed E-state index contributed by atoms with van der Waals surface area (Å²) in [6.45, 7) is 7.54. The Morgan fingerprint density at radius 2 is 1.71 bits per heavy atom. The Kier molecular flexibility index (Phi) is 5.45. The maximum absolute atomic E-state index is 10.7. The van der Waals surface area contributed by atoms with Gasteiger partial charge in [-0.15, -0.1) is 0 Å². The summed E-state index contributed by atoms with van der Waals surface area (Å²) >= 11 is 0. The van der Waals surface area contributed by atoms with Gasteiger partial charge in [-0.3, -0.25) is 0 Å². The number of nitrogens with one attached hydrogen (secondary N) is 1. The van der Waals surface area contributed by atoms with Crippen molar-refractivity contribution >= 4 is 0 Å². The van der Waals surface area contributed by atoms with E-state index in [2.05, 4.69) is 56.4 Å². The van der Waals surface area contributed by atoms with Crippen molar-refractivity contribution in [2.45, 2.75) is 70.9 Å². The van der Waals surface area contributed by atoms with E-state index in [1.807, 2.05) is 0 Å². The first-order valence-corrected chi connectivity index (χ1v) is 8.39. The highest BCUT2D eigenvalue weighted by molar-refractivity contribution is 5.19. The van der Waals surface area contributed by atoms with Crippen molar-refractivity contribution < 1.29 is 5.11 Å². The van der Waals surface area contributed by atoms with Crippen LogP contribution in [-0.4, -0.2) is 17.3 Å². The molecular weight excluding hydrogens is 258 g/mol. The van der Waals surface area contributed by atoms with Crippen LogP contribution in [0.25, 0.3) is 0 Å². The molecule has 0 bridgehead atoms. The van der Waals surface area contributed by atoms with Crippen molar-refractivity contribution in [3.63, 3.8) is 0 Å². The monoisotopic (exact) mass is 289 g/mol. The van der Waals surface area contributed by atoms with Gasteiger partial charge in [0.15, 0.2) is 0 Å². The van der Waals surface area contributed by atoms with Crippen LogP contribution in [0.4, 0.5) is 0 Å². The first-order chi connectivity index (χ1) is 9.88. The van der Waals surface area contributed by atoms with E-state index in [1.54, 1.807) is 0 Å². The topological polar surface area (TPSA) is 32.3 Å². The third-order valence-corrected chi connectivity index (χ3v) is 4.48. The zero-order chi connectivity index (χ0) is 15.3. The van der Waals surface area contributed by atoms with Crippen LogP contribution in [0, 0.1) is 5.41 Å². The van der Waals surface area contributed by atoms with E-state index in [1.165, 1.54) is 12.0 Å². The average Bonchev–Trinajstić information content (AvgIpc) is 2.44. The zero-order valence-electron chi connectivity index (χ0n) is 13.9. The molecule has 118 valence electrons. The predicted octanol–water partition coefficient (Wildman–Crippen LogP) is 4.45. The number of hydrogen-bond donors (Lipinski definition) is 2. The summed E-state index contributed by atoms with van der Waals surface area (Å²) in [6.07, 6.45) is 6.55. The Morgan fingerprint density at radius 1 is 1.10 bits per heavy atom. The molecule has 0 aliphatic heterocycles. The largest absolute Gasteiger partial charge is 0.389 e. The molecule has 1 aromatic rings. The molecule has 1 atom stereocenters. The highest BCUT2D eigenvalue weighted by Gasteiger charge is 2.30. The van der Waals surface area contributed by atoms with E-state index in [-0.39, 0.29) is 5.41 Å². The lowest BCUT2D eigenvalue weighted by molar-refractivity contribution is 0.00150. The Labute approximate surface area is 130 Å². The van der Waals surface area contributed by atoms with Gasteiger partial charge in [0.25, 0.3) is 0 Å². The molecule has 2 heteroatoms. The fraction of sp³-hybridized carbons (Fsp3) is 0.684. The Bertz CT molecular complexity index is 415. The van der Waals surface area contributed by atoms with Gasteiger partial charge in [-0.05, 0) is 30.2 Å². The maximum atomic E-state index is 10.7. The van der Waals surface area contributed by atoms with Crippen molar-refractivity contribution in [3.05, 3.63) is 35.9 Å². The lowest BCUT2D eigenvalue weighted by Gasteiger charge is -2.35. The molecule has 2 rings (SSSR count). The fourth-order valence-electron chi connectivity index (χ4n) is 3.31. The highest BCUT2D eigenvalue weighted by Crippen LogP contribution is 2.32. The standard InChI is InChI=1S/C19H31NO/c1-18(2,3)14-17(16-10-6-4-7-11-16)20-15-19(21)12-8-5-9-13-19/h4,6-7,10-11,17,20-21H,5,8-9,12-15H2,1-3H3. The smallest absolute Gasteiger partial charge is 0.0771 e. The van der Waals surface area contributed by atoms with Crippen LogP contribution in [0.5, 0.6) is 0 Å². The zero-order valence-corrected chi connectivity index (χ0v) is 13.9. The molecule has 21 heavy (non-hydrogen) atoms. The quantitative estimate of drug-likeness (QED) is 0.839. The fourth-order valence-corrected chi connectivity index (χ4v) is 3.31. The number of aliphatic hydroxyl groups is 1. The molecule has 2 N–H and O–H groups in total. The predicted molar refractivity (Wildman–Crippen MR) is 89.3 cm³/mol. The summed E-state index contributed by atoms with van der Waals surface area (Å²) < 4.78 is 0. The van der Waals surface area contributed by atoms with Crippen molar-refractivity contribution in [2.75, 3.05) is 6.54 Å². The minimum atomic E-state index is -0.497. The third-order valence-electron chi connectivity index (χ3n) is 4.48. The average molecular weight is 289 g/mol. The summed E-state index contributed by atoms with van der Waals surface area (Å²) in [6, 6.07) is 11.0. The van der Waals surface area contributed by atoms with Gasteiger partial charge in [-0.25, -0.2) is 0 Å². The summed E-state index contributed by atoms with van der Waals surface area (Å²) in [5, 5.41) is 14.4. The Balaban J connectivity index is 2.02. The molecule has 0 radical (unpaired) electrons. The van der Waals surface area contributed by atoms with Gasteiger partial charge in [0.1, 0.15) is 0 Å². The molecule has 2 nitrogen and oxygen atoms in total. The van der Waals surface area contributed by atoms with Crippen molar-refractivity contribution in [2.24, 2.45) is 5.41 Å². The normalized spacial score (nSPS) is 20.2. The SMILES string of the molecule is CC(C)(C)CC(NCC1(O)CCCCC1)c1ccccc1. The lowest BCUT2D eigenvalue weighted by atomic mass is 9.83. The molecule has 1 unspecified atom stereocenters. The van der Waals surface area contributed by atoms with Gasteiger partial charge in [-0.2, -0.15) is 0 Å². The van der Waals surface area contributed by atoms with Gasteiger partial charge in [-0.1, -0.05) is 70.4 Å². The first kappa shape index (κ1) is 16.5. The molecule has 1 aliphatic rings. The van der Waals surface area contributed by atoms with Crippen LogP contribution in [0.3, 0.4) is 0 Å². The highest BCUT2D eigenvalue weighted by atomic mass is 16.3. The molecule has 1 aromatic carbocycles. The second-order valence-corrected chi connectivity index (χ2v) is 7.89. The Morgan fingerprint density at radius 3 is 2.29 bits per heavy atom. The van der Waals surface area contributed by atoms with Gasteiger partial charge in [0.05, 0.1) is 5.60 Å². The second-order valence-electron chi connectivity index (χ2n) is 7.89. The lowest BCUT2D eigenvalue weighted by Crippen LogP contribution is -2.43. The van der Waals surface area contributed by atoms with E-state index < -0.39 is 5.60 Å². The number of benzene rings is 1. The molecule has 0 saturated heterocycles. The molecule has 0 aromatic heterocycles. The number of rotatable bonds is 5. The minimum Gasteiger partial charge on any atom is -0.389 e. The van der Waals surface area contributed by atoms with E-state index in [0.717, 1.165) is 32.1 Å². The van der Waals surface area contributed by atoms with E-state index in [0.29, 0.717) is 12.6 Å². The van der Waals surface area contributed by atoms with Gasteiger partial charge in [0, 0.05) is 12.6 Å². The summed E-state index contributed by atoms with van der Waals surface area (Å²) in [4.78, 5) is 0. The molecule has 1 fully saturated rings.